The van der Waals surface area contributed by atoms with Crippen molar-refractivity contribution in [1.82, 2.24) is 4.57 Å². The van der Waals surface area contributed by atoms with Crippen LogP contribution in [0.5, 0.6) is 0 Å². The Labute approximate surface area is 144 Å². The summed E-state index contributed by atoms with van der Waals surface area (Å²) in [7, 11) is -3.57. The maximum atomic E-state index is 12.3. The van der Waals surface area contributed by atoms with E-state index in [1.165, 1.54) is 41.0 Å². The average molecular weight is 360 g/mol. The largest absolute Gasteiger partial charge is 0.304 e. The van der Waals surface area contributed by atoms with Crippen LogP contribution in [0.1, 0.15) is 0 Å². The second kappa shape index (κ2) is 6.63. The standard InChI is InChI=1S/C18H14ClNO3S/c19-15-7-9-16(10-8-15)24(22,23)13-3-12-20-17-5-2-1-4-14(17)6-11-18(20)21/h1-11,13H,12H2/b13-3+. The van der Waals surface area contributed by atoms with Gasteiger partial charge in [-0.15, -0.1) is 0 Å². The van der Waals surface area contributed by atoms with Gasteiger partial charge in [0.2, 0.25) is 0 Å². The molecule has 1 heterocycles. The third-order valence-electron chi connectivity index (χ3n) is 3.60. The minimum atomic E-state index is -3.57. The molecule has 1 aromatic heterocycles. The summed E-state index contributed by atoms with van der Waals surface area (Å²) in [5.74, 6) is 0. The molecule has 0 amide bonds. The quantitative estimate of drug-likeness (QED) is 0.714. The maximum absolute atomic E-state index is 12.3. The van der Waals surface area contributed by atoms with E-state index in [9.17, 15) is 13.2 Å². The number of hydrogen-bond acceptors (Lipinski definition) is 3. The Morgan fingerprint density at radius 3 is 2.42 bits per heavy atom. The summed E-state index contributed by atoms with van der Waals surface area (Å²) in [4.78, 5) is 12.2. The van der Waals surface area contributed by atoms with E-state index in [2.05, 4.69) is 0 Å². The number of hydrogen-bond donors (Lipinski definition) is 0. The van der Waals surface area contributed by atoms with Crippen molar-refractivity contribution in [2.45, 2.75) is 11.4 Å². The Kier molecular flexibility index (Phi) is 4.55. The topological polar surface area (TPSA) is 56.1 Å². The molecule has 0 spiro atoms. The van der Waals surface area contributed by atoms with Crippen LogP contribution in [0.2, 0.25) is 5.02 Å². The molecule has 3 aromatic rings. The van der Waals surface area contributed by atoms with Gasteiger partial charge in [0.15, 0.2) is 9.84 Å². The minimum Gasteiger partial charge on any atom is -0.304 e. The molecule has 122 valence electrons. The minimum absolute atomic E-state index is 0.161. The van der Waals surface area contributed by atoms with E-state index in [0.29, 0.717) is 5.02 Å². The highest BCUT2D eigenvalue weighted by Crippen LogP contribution is 2.16. The molecule has 0 saturated carbocycles. The van der Waals surface area contributed by atoms with Crippen molar-refractivity contribution >= 4 is 32.3 Å². The fraction of sp³-hybridized carbons (Fsp3) is 0.0556. The summed E-state index contributed by atoms with van der Waals surface area (Å²) in [5, 5.41) is 2.51. The van der Waals surface area contributed by atoms with Crippen molar-refractivity contribution in [3.63, 3.8) is 0 Å². The zero-order valence-corrected chi connectivity index (χ0v) is 14.2. The molecule has 0 N–H and O–H groups in total. The summed E-state index contributed by atoms with van der Waals surface area (Å²) in [5.41, 5.74) is 0.584. The Bertz CT molecular complexity index is 1070. The first kappa shape index (κ1) is 16.5. The molecule has 0 aliphatic rings. The van der Waals surface area contributed by atoms with E-state index < -0.39 is 9.84 Å². The summed E-state index contributed by atoms with van der Waals surface area (Å²) in [6.07, 6.45) is 1.47. The van der Waals surface area contributed by atoms with Gasteiger partial charge in [0, 0.05) is 23.0 Å². The van der Waals surface area contributed by atoms with Gasteiger partial charge < -0.3 is 4.57 Å². The fourth-order valence-corrected chi connectivity index (χ4v) is 3.55. The van der Waals surface area contributed by atoms with Crippen molar-refractivity contribution < 1.29 is 8.42 Å². The van der Waals surface area contributed by atoms with Gasteiger partial charge in [-0.3, -0.25) is 4.79 Å². The van der Waals surface area contributed by atoms with Crippen LogP contribution in [0, 0.1) is 0 Å². The lowest BCUT2D eigenvalue weighted by Gasteiger charge is -2.07. The second-order valence-corrected chi connectivity index (χ2v) is 7.48. The number of sulfone groups is 1. The molecule has 0 atom stereocenters. The van der Waals surface area contributed by atoms with Crippen LogP contribution in [0.4, 0.5) is 0 Å². The van der Waals surface area contributed by atoms with Crippen LogP contribution in [-0.4, -0.2) is 13.0 Å². The normalized spacial score (nSPS) is 12.0. The van der Waals surface area contributed by atoms with Gasteiger partial charge in [-0.25, -0.2) is 8.42 Å². The molecule has 0 fully saturated rings. The third kappa shape index (κ3) is 3.42. The number of halogens is 1. The van der Waals surface area contributed by atoms with Gasteiger partial charge in [-0.05, 0) is 41.8 Å². The van der Waals surface area contributed by atoms with Crippen molar-refractivity contribution in [2.75, 3.05) is 0 Å². The molecule has 0 aliphatic heterocycles. The molecule has 0 aliphatic carbocycles. The van der Waals surface area contributed by atoms with Crippen LogP contribution in [0.25, 0.3) is 10.9 Å². The molecule has 3 rings (SSSR count). The summed E-state index contributed by atoms with van der Waals surface area (Å²) >= 11 is 5.77. The summed E-state index contributed by atoms with van der Waals surface area (Å²) < 4.78 is 26.1. The molecular weight excluding hydrogens is 346 g/mol. The lowest BCUT2D eigenvalue weighted by Crippen LogP contribution is -2.18. The molecule has 0 saturated heterocycles. The maximum Gasteiger partial charge on any atom is 0.251 e. The Morgan fingerprint density at radius 1 is 0.958 bits per heavy atom. The van der Waals surface area contributed by atoms with Crippen molar-refractivity contribution in [3.05, 3.63) is 87.5 Å². The van der Waals surface area contributed by atoms with Crippen LogP contribution < -0.4 is 5.56 Å². The number of para-hydroxylation sites is 1. The lowest BCUT2D eigenvalue weighted by atomic mass is 10.2. The molecule has 4 nitrogen and oxygen atoms in total. The van der Waals surface area contributed by atoms with Gasteiger partial charge in [-0.2, -0.15) is 0 Å². The van der Waals surface area contributed by atoms with E-state index in [1.54, 1.807) is 6.07 Å². The lowest BCUT2D eigenvalue weighted by molar-refractivity contribution is 0.604. The number of pyridine rings is 1. The van der Waals surface area contributed by atoms with E-state index >= 15 is 0 Å². The Morgan fingerprint density at radius 2 is 1.67 bits per heavy atom. The first-order valence-corrected chi connectivity index (χ1v) is 9.15. The van der Waals surface area contributed by atoms with Gasteiger partial charge in [0.05, 0.1) is 10.4 Å². The Balaban J connectivity index is 1.91. The molecule has 24 heavy (non-hydrogen) atoms. The molecule has 0 radical (unpaired) electrons. The highest BCUT2D eigenvalue weighted by atomic mass is 35.5. The first-order valence-electron chi connectivity index (χ1n) is 7.23. The SMILES string of the molecule is O=c1ccc2ccccc2n1C/C=C/S(=O)(=O)c1ccc(Cl)cc1. The van der Waals surface area contributed by atoms with Gasteiger partial charge >= 0.3 is 0 Å². The molecule has 6 heteroatoms. The van der Waals surface area contributed by atoms with Crippen LogP contribution in [-0.2, 0) is 16.4 Å². The zero-order valence-electron chi connectivity index (χ0n) is 12.6. The predicted octanol–water partition coefficient (Wildman–Crippen LogP) is 3.64. The van der Waals surface area contributed by atoms with E-state index in [4.69, 9.17) is 11.6 Å². The van der Waals surface area contributed by atoms with Crippen molar-refractivity contribution in [1.29, 1.82) is 0 Å². The van der Waals surface area contributed by atoms with E-state index in [0.717, 1.165) is 16.3 Å². The van der Waals surface area contributed by atoms with E-state index in [1.807, 2.05) is 24.3 Å². The predicted molar refractivity (Wildman–Crippen MR) is 96.0 cm³/mol. The van der Waals surface area contributed by atoms with Crippen LogP contribution in [0.15, 0.2) is 81.8 Å². The van der Waals surface area contributed by atoms with Crippen LogP contribution >= 0.6 is 11.6 Å². The van der Waals surface area contributed by atoms with Crippen molar-refractivity contribution in [2.24, 2.45) is 0 Å². The molecule has 2 aromatic carbocycles. The van der Waals surface area contributed by atoms with Gasteiger partial charge in [0.25, 0.3) is 5.56 Å². The van der Waals surface area contributed by atoms with E-state index in [-0.39, 0.29) is 17.0 Å². The number of fused-ring (bicyclic) bond motifs is 1. The smallest absolute Gasteiger partial charge is 0.251 e. The highest BCUT2D eigenvalue weighted by molar-refractivity contribution is 7.94. The Hall–Kier alpha value is -2.37. The monoisotopic (exact) mass is 359 g/mol. The number of allylic oxidation sites excluding steroid dienone is 1. The number of rotatable bonds is 4. The first-order chi connectivity index (χ1) is 11.5. The van der Waals surface area contributed by atoms with Crippen LogP contribution in [0.3, 0.4) is 0 Å². The number of benzene rings is 2. The molecule has 0 bridgehead atoms. The third-order valence-corrected chi connectivity index (χ3v) is 5.34. The average Bonchev–Trinajstić information content (AvgIpc) is 2.57. The zero-order chi connectivity index (χ0) is 17.2. The van der Waals surface area contributed by atoms with Gasteiger partial charge in [-0.1, -0.05) is 35.9 Å². The summed E-state index contributed by atoms with van der Waals surface area (Å²) in [6, 6.07) is 16.6. The fourth-order valence-electron chi connectivity index (χ4n) is 2.41. The molecule has 0 unspecified atom stereocenters. The summed E-state index contributed by atoms with van der Waals surface area (Å²) in [6.45, 7) is 0.174. The highest BCUT2D eigenvalue weighted by Gasteiger charge is 2.09. The van der Waals surface area contributed by atoms with Crippen molar-refractivity contribution in [3.8, 4) is 0 Å². The second-order valence-electron chi connectivity index (χ2n) is 5.21. The number of nitrogens with zero attached hydrogens (tertiary/aromatic N) is 1. The van der Waals surface area contributed by atoms with Gasteiger partial charge in [0.1, 0.15) is 0 Å². The number of aromatic nitrogens is 1. The molecular formula is C18H14ClNO3S.